The molecule has 1 aromatic carbocycles. The number of methoxy groups -OCH3 is 1. The summed E-state index contributed by atoms with van der Waals surface area (Å²) in [5.74, 6) is -0.587. The number of hydrogen-bond donors (Lipinski definition) is 2. The van der Waals surface area contributed by atoms with Crippen LogP contribution < -0.4 is 10.6 Å². The molecule has 2 aromatic rings. The lowest BCUT2D eigenvalue weighted by Gasteiger charge is -2.18. The topological polar surface area (TPSA) is 107 Å². The number of carbonyl (C=O) groups is 2. The van der Waals surface area contributed by atoms with Crippen LogP contribution in [0.4, 0.5) is 0 Å². The highest BCUT2D eigenvalue weighted by Gasteiger charge is 2.19. The molecule has 0 spiro atoms. The van der Waals surface area contributed by atoms with E-state index in [9.17, 15) is 9.59 Å². The molecule has 0 aliphatic rings. The highest BCUT2D eigenvalue weighted by atomic mass is 16.5. The van der Waals surface area contributed by atoms with Crippen LogP contribution in [0.3, 0.4) is 0 Å². The predicted molar refractivity (Wildman–Crippen MR) is 97.4 cm³/mol. The van der Waals surface area contributed by atoms with Gasteiger partial charge in [0.1, 0.15) is 11.7 Å². The molecular weight excluding hydrogens is 350 g/mol. The maximum Gasteiger partial charge on any atom is 0.245 e. The van der Waals surface area contributed by atoms with Crippen LogP contribution in [0.1, 0.15) is 18.2 Å². The summed E-state index contributed by atoms with van der Waals surface area (Å²) < 4.78 is 12.2. The first-order chi connectivity index (χ1) is 13.1. The number of hydrogen-bond acceptors (Lipinski definition) is 6. The molecule has 0 aliphatic carbocycles. The van der Waals surface area contributed by atoms with Crippen molar-refractivity contribution in [2.45, 2.75) is 32.7 Å². The Kier molecular flexibility index (Phi) is 8.40. The molecule has 0 aliphatic heterocycles. The Morgan fingerprint density at radius 1 is 1.26 bits per heavy atom. The highest BCUT2D eigenvalue weighted by Crippen LogP contribution is 1.99. The molecular formula is C18H25N5O4. The summed E-state index contributed by atoms with van der Waals surface area (Å²) in [6.07, 6.45) is 1.77. The Hall–Kier alpha value is -2.78. The Labute approximate surface area is 158 Å². The molecule has 146 valence electrons. The lowest BCUT2D eigenvalue weighted by atomic mass is 10.2. The zero-order valence-electron chi connectivity index (χ0n) is 15.6. The Morgan fingerprint density at radius 3 is 2.74 bits per heavy atom. The second-order valence-corrected chi connectivity index (χ2v) is 5.94. The van der Waals surface area contributed by atoms with E-state index in [1.165, 1.54) is 6.92 Å². The van der Waals surface area contributed by atoms with Crippen LogP contribution >= 0.6 is 0 Å². The number of benzene rings is 1. The van der Waals surface area contributed by atoms with E-state index in [1.807, 2.05) is 30.3 Å². The number of carbonyl (C=O) groups excluding carboxylic acids is 2. The lowest BCUT2D eigenvalue weighted by molar-refractivity contribution is -0.129. The normalized spacial score (nSPS) is 11.8. The number of amides is 2. The van der Waals surface area contributed by atoms with Crippen molar-refractivity contribution in [1.29, 1.82) is 0 Å². The van der Waals surface area contributed by atoms with Crippen LogP contribution in [0.25, 0.3) is 0 Å². The fourth-order valence-electron chi connectivity index (χ4n) is 2.36. The van der Waals surface area contributed by atoms with Crippen LogP contribution in [0.15, 0.2) is 36.5 Å². The summed E-state index contributed by atoms with van der Waals surface area (Å²) in [7, 11) is 1.59. The second-order valence-electron chi connectivity index (χ2n) is 5.94. The summed E-state index contributed by atoms with van der Waals surface area (Å²) in [6.45, 7) is 3.03. The fourth-order valence-corrected chi connectivity index (χ4v) is 2.36. The van der Waals surface area contributed by atoms with Gasteiger partial charge < -0.3 is 20.1 Å². The van der Waals surface area contributed by atoms with Crippen molar-refractivity contribution in [3.8, 4) is 0 Å². The predicted octanol–water partition coefficient (Wildman–Crippen LogP) is 0.262. The number of nitrogens with one attached hydrogen (secondary N) is 2. The first-order valence-electron chi connectivity index (χ1n) is 8.63. The quantitative estimate of drug-likeness (QED) is 0.546. The SMILES string of the molecule is COCc1cn(CCOC[C@@H](NC(C)=O)C(=O)NCc2ccccc2)nn1. The minimum Gasteiger partial charge on any atom is -0.378 e. The first kappa shape index (κ1) is 20.5. The van der Waals surface area contributed by atoms with E-state index in [0.29, 0.717) is 26.3 Å². The zero-order valence-corrected chi connectivity index (χ0v) is 15.6. The van der Waals surface area contributed by atoms with Gasteiger partial charge in [-0.1, -0.05) is 35.5 Å². The lowest BCUT2D eigenvalue weighted by Crippen LogP contribution is -2.48. The van der Waals surface area contributed by atoms with Gasteiger partial charge in [0.2, 0.25) is 11.8 Å². The average Bonchev–Trinajstić information content (AvgIpc) is 3.10. The summed E-state index contributed by atoms with van der Waals surface area (Å²) in [6, 6.07) is 8.79. The Balaban J connectivity index is 1.76. The van der Waals surface area contributed by atoms with Crippen molar-refractivity contribution in [1.82, 2.24) is 25.6 Å². The van der Waals surface area contributed by atoms with Crippen molar-refractivity contribution in [2.75, 3.05) is 20.3 Å². The number of aromatic nitrogens is 3. The van der Waals surface area contributed by atoms with Gasteiger partial charge in [-0.3, -0.25) is 9.59 Å². The molecule has 9 heteroatoms. The zero-order chi connectivity index (χ0) is 19.5. The van der Waals surface area contributed by atoms with E-state index in [0.717, 1.165) is 11.3 Å². The van der Waals surface area contributed by atoms with Crippen molar-refractivity contribution in [3.63, 3.8) is 0 Å². The van der Waals surface area contributed by atoms with Gasteiger partial charge in [0.15, 0.2) is 0 Å². The molecule has 27 heavy (non-hydrogen) atoms. The van der Waals surface area contributed by atoms with Gasteiger partial charge in [0.25, 0.3) is 0 Å². The maximum absolute atomic E-state index is 12.3. The number of nitrogens with zero attached hydrogens (tertiary/aromatic N) is 3. The molecule has 0 radical (unpaired) electrons. The van der Waals surface area contributed by atoms with Crippen LogP contribution in [0, 0.1) is 0 Å². The van der Waals surface area contributed by atoms with Crippen molar-refractivity contribution in [2.24, 2.45) is 0 Å². The largest absolute Gasteiger partial charge is 0.378 e. The van der Waals surface area contributed by atoms with Crippen LogP contribution in [0.2, 0.25) is 0 Å². The summed E-state index contributed by atoms with van der Waals surface area (Å²) in [4.78, 5) is 23.7. The first-order valence-corrected chi connectivity index (χ1v) is 8.63. The summed E-state index contributed by atoms with van der Waals surface area (Å²) in [5, 5.41) is 13.3. The van der Waals surface area contributed by atoms with Gasteiger partial charge in [0, 0.05) is 20.6 Å². The second kappa shape index (κ2) is 11.0. The van der Waals surface area contributed by atoms with Gasteiger partial charge in [0.05, 0.1) is 32.6 Å². The summed E-state index contributed by atoms with van der Waals surface area (Å²) >= 11 is 0. The molecule has 0 fully saturated rings. The third-order valence-corrected chi connectivity index (χ3v) is 3.63. The molecule has 1 heterocycles. The van der Waals surface area contributed by atoms with Crippen LogP contribution in [-0.2, 0) is 38.8 Å². The highest BCUT2D eigenvalue weighted by molar-refractivity contribution is 5.86. The molecule has 0 bridgehead atoms. The molecule has 2 N–H and O–H groups in total. The van der Waals surface area contributed by atoms with Crippen molar-refractivity contribution >= 4 is 11.8 Å². The monoisotopic (exact) mass is 375 g/mol. The number of ether oxygens (including phenoxy) is 2. The van der Waals surface area contributed by atoms with E-state index in [1.54, 1.807) is 18.0 Å². The molecule has 9 nitrogen and oxygen atoms in total. The minimum atomic E-state index is -0.758. The van der Waals surface area contributed by atoms with Crippen molar-refractivity contribution < 1.29 is 19.1 Å². The van der Waals surface area contributed by atoms with E-state index in [2.05, 4.69) is 20.9 Å². The molecule has 0 unspecified atom stereocenters. The molecule has 1 aromatic heterocycles. The van der Waals surface area contributed by atoms with Gasteiger partial charge >= 0.3 is 0 Å². The molecule has 0 saturated carbocycles. The maximum atomic E-state index is 12.3. The fraction of sp³-hybridized carbons (Fsp3) is 0.444. The number of rotatable bonds is 11. The van der Waals surface area contributed by atoms with E-state index >= 15 is 0 Å². The van der Waals surface area contributed by atoms with Gasteiger partial charge in [-0.05, 0) is 5.56 Å². The average molecular weight is 375 g/mol. The third-order valence-electron chi connectivity index (χ3n) is 3.63. The summed E-state index contributed by atoms with van der Waals surface area (Å²) in [5.41, 5.74) is 1.71. The van der Waals surface area contributed by atoms with Gasteiger partial charge in [-0.25, -0.2) is 4.68 Å². The molecule has 2 amide bonds. The molecule has 0 saturated heterocycles. The van der Waals surface area contributed by atoms with Crippen molar-refractivity contribution in [3.05, 3.63) is 47.8 Å². The van der Waals surface area contributed by atoms with Gasteiger partial charge in [-0.2, -0.15) is 0 Å². The Morgan fingerprint density at radius 2 is 2.04 bits per heavy atom. The standard InChI is InChI=1S/C18H25N5O4/c1-14(24)20-17(18(25)19-10-15-6-4-3-5-7-15)13-27-9-8-23-11-16(12-26-2)21-22-23/h3-7,11,17H,8-10,12-13H2,1-2H3,(H,19,25)(H,20,24)/t17-/m1/s1. The van der Waals surface area contributed by atoms with E-state index in [-0.39, 0.29) is 18.4 Å². The minimum absolute atomic E-state index is 0.0693. The van der Waals surface area contributed by atoms with E-state index < -0.39 is 6.04 Å². The smallest absolute Gasteiger partial charge is 0.245 e. The third kappa shape index (κ3) is 7.55. The van der Waals surface area contributed by atoms with Crippen LogP contribution in [-0.4, -0.2) is 53.2 Å². The molecule has 2 rings (SSSR count). The van der Waals surface area contributed by atoms with Crippen LogP contribution in [0.5, 0.6) is 0 Å². The van der Waals surface area contributed by atoms with E-state index in [4.69, 9.17) is 9.47 Å². The molecule has 1 atom stereocenters. The Bertz CT molecular complexity index is 720. The van der Waals surface area contributed by atoms with Gasteiger partial charge in [-0.15, -0.1) is 5.10 Å².